The van der Waals surface area contributed by atoms with Gasteiger partial charge in [-0.15, -0.1) is 0 Å². The Kier molecular flexibility index (Phi) is 5.30. The molecule has 18 heavy (non-hydrogen) atoms. The number of carbonyl (C=O) groups is 2. The molecule has 0 fully saturated rings. The number of aryl methyl sites for hydroxylation is 1. The Morgan fingerprint density at radius 1 is 1.28 bits per heavy atom. The molecular weight excluding hydrogens is 235 g/mol. The Morgan fingerprint density at radius 3 is 2.67 bits per heavy atom. The molecule has 0 aliphatic carbocycles. The van der Waals surface area contributed by atoms with Gasteiger partial charge in [-0.2, -0.15) is 0 Å². The zero-order chi connectivity index (χ0) is 13.5. The van der Waals surface area contributed by atoms with Crippen molar-refractivity contribution < 1.29 is 14.0 Å². The van der Waals surface area contributed by atoms with Crippen LogP contribution in [-0.4, -0.2) is 24.9 Å². The number of carbonyl (C=O) groups excluding carboxylic acids is 2. The summed E-state index contributed by atoms with van der Waals surface area (Å²) in [5.74, 6) is -1.16. The molecule has 0 saturated carbocycles. The number of hydrogen-bond donors (Lipinski definition) is 2. The second kappa shape index (κ2) is 6.74. The molecule has 0 unspecified atom stereocenters. The molecule has 0 heterocycles. The molecule has 0 radical (unpaired) electrons. The third-order valence-corrected chi connectivity index (χ3v) is 2.45. The molecule has 4 nitrogen and oxygen atoms in total. The molecule has 2 N–H and O–H groups in total. The van der Waals surface area contributed by atoms with Crippen molar-refractivity contribution in [2.24, 2.45) is 0 Å². The van der Waals surface area contributed by atoms with Crippen molar-refractivity contribution >= 4 is 11.8 Å². The van der Waals surface area contributed by atoms with Gasteiger partial charge < -0.3 is 10.6 Å². The van der Waals surface area contributed by atoms with Crippen LogP contribution in [0, 0.1) is 12.7 Å². The van der Waals surface area contributed by atoms with E-state index in [9.17, 15) is 14.0 Å². The zero-order valence-corrected chi connectivity index (χ0v) is 10.5. The molecule has 0 aliphatic rings. The standard InChI is InChI=1S/C13H17FN2O2/c1-3-15-11(17)7-8-16-13(18)10-6-4-5-9(2)12(10)14/h4-6H,3,7-8H2,1-2H3,(H,15,17)(H,16,18). The van der Waals surface area contributed by atoms with Gasteiger partial charge in [-0.05, 0) is 25.5 Å². The molecule has 0 spiro atoms. The Labute approximate surface area is 106 Å². The van der Waals surface area contributed by atoms with Gasteiger partial charge in [0.05, 0.1) is 5.56 Å². The minimum absolute atomic E-state index is 0.00546. The van der Waals surface area contributed by atoms with E-state index in [0.29, 0.717) is 12.1 Å². The van der Waals surface area contributed by atoms with Gasteiger partial charge in [-0.3, -0.25) is 9.59 Å². The first-order chi connectivity index (χ1) is 8.56. The van der Waals surface area contributed by atoms with Crippen molar-refractivity contribution in [3.8, 4) is 0 Å². The molecule has 0 saturated heterocycles. The van der Waals surface area contributed by atoms with Crippen molar-refractivity contribution in [2.45, 2.75) is 20.3 Å². The molecule has 0 bridgehead atoms. The van der Waals surface area contributed by atoms with E-state index in [-0.39, 0.29) is 24.4 Å². The van der Waals surface area contributed by atoms with E-state index in [1.165, 1.54) is 6.07 Å². The van der Waals surface area contributed by atoms with Crippen LogP contribution >= 0.6 is 0 Å². The van der Waals surface area contributed by atoms with Gasteiger partial charge in [-0.25, -0.2) is 4.39 Å². The minimum Gasteiger partial charge on any atom is -0.356 e. The van der Waals surface area contributed by atoms with Gasteiger partial charge in [0.2, 0.25) is 5.91 Å². The first-order valence-corrected chi connectivity index (χ1v) is 5.86. The van der Waals surface area contributed by atoms with Gasteiger partial charge in [0.25, 0.3) is 5.91 Å². The fraction of sp³-hybridized carbons (Fsp3) is 0.385. The van der Waals surface area contributed by atoms with Crippen LogP contribution in [0.5, 0.6) is 0 Å². The summed E-state index contributed by atoms with van der Waals surface area (Å²) in [6.45, 7) is 4.16. The second-order valence-corrected chi connectivity index (χ2v) is 3.90. The molecule has 0 aromatic heterocycles. The van der Waals surface area contributed by atoms with Crippen LogP contribution in [-0.2, 0) is 4.79 Å². The van der Waals surface area contributed by atoms with E-state index in [2.05, 4.69) is 10.6 Å². The lowest BCUT2D eigenvalue weighted by Crippen LogP contribution is -2.31. The van der Waals surface area contributed by atoms with Gasteiger partial charge >= 0.3 is 0 Å². The van der Waals surface area contributed by atoms with Crippen molar-refractivity contribution in [1.29, 1.82) is 0 Å². The summed E-state index contributed by atoms with van der Waals surface area (Å²) < 4.78 is 13.6. The monoisotopic (exact) mass is 252 g/mol. The predicted octanol–water partition coefficient (Wildman–Crippen LogP) is 1.39. The van der Waals surface area contributed by atoms with Crippen molar-refractivity contribution in [3.63, 3.8) is 0 Å². The summed E-state index contributed by atoms with van der Waals surface area (Å²) in [6, 6.07) is 4.64. The van der Waals surface area contributed by atoms with E-state index in [1.807, 2.05) is 6.92 Å². The lowest BCUT2D eigenvalue weighted by molar-refractivity contribution is -0.120. The van der Waals surface area contributed by atoms with Crippen LogP contribution in [0.4, 0.5) is 4.39 Å². The summed E-state index contributed by atoms with van der Waals surface area (Å²) in [6.07, 6.45) is 0.188. The van der Waals surface area contributed by atoms with E-state index in [4.69, 9.17) is 0 Å². The quantitative estimate of drug-likeness (QED) is 0.832. The largest absolute Gasteiger partial charge is 0.356 e. The maximum Gasteiger partial charge on any atom is 0.254 e. The van der Waals surface area contributed by atoms with Crippen LogP contribution in [0.1, 0.15) is 29.3 Å². The van der Waals surface area contributed by atoms with Crippen LogP contribution in [0.3, 0.4) is 0 Å². The molecule has 2 amide bonds. The molecule has 0 aliphatic heterocycles. The Morgan fingerprint density at radius 2 is 2.00 bits per heavy atom. The molecule has 1 aromatic carbocycles. The normalized spacial score (nSPS) is 9.94. The summed E-state index contributed by atoms with van der Waals surface area (Å²) in [5, 5.41) is 5.13. The van der Waals surface area contributed by atoms with Crippen LogP contribution in [0.25, 0.3) is 0 Å². The van der Waals surface area contributed by atoms with Crippen LogP contribution < -0.4 is 10.6 Å². The molecule has 5 heteroatoms. The maximum absolute atomic E-state index is 13.6. The summed E-state index contributed by atoms with van der Waals surface area (Å²) in [4.78, 5) is 22.8. The van der Waals surface area contributed by atoms with Gasteiger partial charge in [0, 0.05) is 19.5 Å². The van der Waals surface area contributed by atoms with Gasteiger partial charge in [0.15, 0.2) is 0 Å². The number of amides is 2. The van der Waals surface area contributed by atoms with E-state index in [0.717, 1.165) is 0 Å². The molecular formula is C13H17FN2O2. The average molecular weight is 252 g/mol. The first kappa shape index (κ1) is 14.2. The molecule has 0 atom stereocenters. The Hall–Kier alpha value is -1.91. The maximum atomic E-state index is 13.6. The first-order valence-electron chi connectivity index (χ1n) is 5.86. The highest BCUT2D eigenvalue weighted by atomic mass is 19.1. The summed E-state index contributed by atoms with van der Waals surface area (Å²) in [5.41, 5.74) is 0.428. The average Bonchev–Trinajstić information content (AvgIpc) is 2.33. The Bertz CT molecular complexity index is 447. The minimum atomic E-state index is -0.520. The van der Waals surface area contributed by atoms with E-state index >= 15 is 0 Å². The lowest BCUT2D eigenvalue weighted by Gasteiger charge is -2.07. The zero-order valence-electron chi connectivity index (χ0n) is 10.5. The van der Waals surface area contributed by atoms with Crippen molar-refractivity contribution in [1.82, 2.24) is 10.6 Å². The second-order valence-electron chi connectivity index (χ2n) is 3.90. The van der Waals surface area contributed by atoms with Crippen LogP contribution in [0.2, 0.25) is 0 Å². The van der Waals surface area contributed by atoms with E-state index in [1.54, 1.807) is 19.1 Å². The summed E-state index contributed by atoms with van der Waals surface area (Å²) in [7, 11) is 0. The summed E-state index contributed by atoms with van der Waals surface area (Å²) >= 11 is 0. The Balaban J connectivity index is 2.51. The predicted molar refractivity (Wildman–Crippen MR) is 66.8 cm³/mol. The number of nitrogens with one attached hydrogen (secondary N) is 2. The highest BCUT2D eigenvalue weighted by molar-refractivity contribution is 5.94. The van der Waals surface area contributed by atoms with Gasteiger partial charge in [0.1, 0.15) is 5.82 Å². The van der Waals surface area contributed by atoms with Gasteiger partial charge in [-0.1, -0.05) is 12.1 Å². The lowest BCUT2D eigenvalue weighted by atomic mass is 10.1. The third kappa shape index (κ3) is 3.84. The van der Waals surface area contributed by atoms with Crippen molar-refractivity contribution in [3.05, 3.63) is 35.1 Å². The third-order valence-electron chi connectivity index (χ3n) is 2.45. The molecule has 1 aromatic rings. The fourth-order valence-electron chi connectivity index (χ4n) is 1.49. The molecule has 98 valence electrons. The highest BCUT2D eigenvalue weighted by Gasteiger charge is 2.12. The highest BCUT2D eigenvalue weighted by Crippen LogP contribution is 2.11. The fourth-order valence-corrected chi connectivity index (χ4v) is 1.49. The number of benzene rings is 1. The SMILES string of the molecule is CCNC(=O)CCNC(=O)c1cccc(C)c1F. The number of rotatable bonds is 5. The van der Waals surface area contributed by atoms with Crippen LogP contribution in [0.15, 0.2) is 18.2 Å². The number of halogens is 1. The van der Waals surface area contributed by atoms with Crippen molar-refractivity contribution in [2.75, 3.05) is 13.1 Å². The smallest absolute Gasteiger partial charge is 0.254 e. The number of hydrogen-bond acceptors (Lipinski definition) is 2. The molecule has 1 rings (SSSR count). The van der Waals surface area contributed by atoms with E-state index < -0.39 is 11.7 Å². The topological polar surface area (TPSA) is 58.2 Å².